The molecule has 0 bridgehead atoms. The van der Waals surface area contributed by atoms with Gasteiger partial charge in [0, 0.05) is 37.6 Å². The molecule has 1 aromatic heterocycles. The third kappa shape index (κ3) is 3.22. The van der Waals surface area contributed by atoms with Gasteiger partial charge in [-0.15, -0.1) is 0 Å². The minimum atomic E-state index is -0.147. The fourth-order valence-corrected chi connectivity index (χ4v) is 2.87. The molecule has 5 heteroatoms. The summed E-state index contributed by atoms with van der Waals surface area (Å²) in [5, 5.41) is 9.32. The van der Waals surface area contributed by atoms with Crippen LogP contribution >= 0.6 is 0 Å². The molecule has 1 amide bonds. The van der Waals surface area contributed by atoms with Gasteiger partial charge in [-0.3, -0.25) is 14.7 Å². The molecule has 1 aliphatic heterocycles. The van der Waals surface area contributed by atoms with Crippen LogP contribution in [-0.2, 0) is 11.2 Å². The average molecular weight is 284 g/mol. The topological polar surface area (TPSA) is 60.2 Å². The van der Waals surface area contributed by atoms with Crippen LogP contribution in [0.2, 0.25) is 0 Å². The van der Waals surface area contributed by atoms with Crippen molar-refractivity contribution in [3.05, 3.63) is 29.6 Å². The molecular formula is C16H20N4O. The minimum absolute atomic E-state index is 0.0938. The number of amides is 1. The Morgan fingerprint density at radius 3 is 2.86 bits per heavy atom. The lowest BCUT2D eigenvalue weighted by Crippen LogP contribution is -2.55. The molecule has 1 atom stereocenters. The number of pyridine rings is 1. The fourth-order valence-electron chi connectivity index (χ4n) is 2.87. The zero-order valence-corrected chi connectivity index (χ0v) is 12.3. The van der Waals surface area contributed by atoms with Crippen molar-refractivity contribution in [2.75, 3.05) is 19.6 Å². The summed E-state index contributed by atoms with van der Waals surface area (Å²) in [6.45, 7) is 4.01. The number of nitrogens with zero attached hydrogens (tertiary/aromatic N) is 4. The van der Waals surface area contributed by atoms with Gasteiger partial charge >= 0.3 is 0 Å². The van der Waals surface area contributed by atoms with Crippen LogP contribution in [0, 0.1) is 18.3 Å². The van der Waals surface area contributed by atoms with Crippen LogP contribution in [0.15, 0.2) is 18.3 Å². The van der Waals surface area contributed by atoms with E-state index in [1.807, 2.05) is 24.0 Å². The van der Waals surface area contributed by atoms with Gasteiger partial charge in [-0.1, -0.05) is 6.07 Å². The van der Waals surface area contributed by atoms with Crippen LogP contribution in [0.1, 0.15) is 24.1 Å². The minimum Gasteiger partial charge on any atom is -0.338 e. The van der Waals surface area contributed by atoms with Gasteiger partial charge in [-0.05, 0) is 31.4 Å². The van der Waals surface area contributed by atoms with Crippen molar-refractivity contribution < 1.29 is 4.79 Å². The summed E-state index contributed by atoms with van der Waals surface area (Å²) >= 11 is 0. The van der Waals surface area contributed by atoms with Crippen LogP contribution in [0.5, 0.6) is 0 Å². The van der Waals surface area contributed by atoms with Gasteiger partial charge in [-0.2, -0.15) is 5.26 Å². The lowest BCUT2D eigenvalue weighted by Gasteiger charge is -2.38. The predicted octanol–water partition coefficient (Wildman–Crippen LogP) is 1.13. The first-order chi connectivity index (χ1) is 10.2. The van der Waals surface area contributed by atoms with Crippen molar-refractivity contribution in [3.8, 4) is 6.07 Å². The van der Waals surface area contributed by atoms with Gasteiger partial charge in [0.2, 0.25) is 5.91 Å². The second-order valence-electron chi connectivity index (χ2n) is 5.94. The molecule has 0 N–H and O–H groups in total. The number of nitriles is 1. The first-order valence-corrected chi connectivity index (χ1v) is 7.52. The Kier molecular flexibility index (Phi) is 3.89. The number of aromatic nitrogens is 1. The summed E-state index contributed by atoms with van der Waals surface area (Å²) in [5.74, 6) is 0.0938. The Balaban J connectivity index is 1.60. The van der Waals surface area contributed by atoms with E-state index in [2.05, 4.69) is 16.0 Å². The van der Waals surface area contributed by atoms with Crippen LogP contribution in [0.4, 0.5) is 0 Å². The fraction of sp³-hybridized carbons (Fsp3) is 0.562. The van der Waals surface area contributed by atoms with E-state index >= 15 is 0 Å². The second-order valence-corrected chi connectivity index (χ2v) is 5.94. The Morgan fingerprint density at radius 1 is 1.43 bits per heavy atom. The molecule has 0 spiro atoms. The zero-order valence-electron chi connectivity index (χ0n) is 12.3. The van der Waals surface area contributed by atoms with Crippen molar-refractivity contribution in [3.63, 3.8) is 0 Å². The van der Waals surface area contributed by atoms with E-state index in [9.17, 15) is 10.1 Å². The van der Waals surface area contributed by atoms with E-state index in [0.717, 1.165) is 24.3 Å². The molecule has 1 saturated carbocycles. The number of piperazine rings is 1. The van der Waals surface area contributed by atoms with E-state index in [-0.39, 0.29) is 11.9 Å². The molecule has 5 nitrogen and oxygen atoms in total. The highest BCUT2D eigenvalue weighted by Crippen LogP contribution is 2.30. The highest BCUT2D eigenvalue weighted by Gasteiger charge is 2.38. The van der Waals surface area contributed by atoms with E-state index in [1.165, 1.54) is 12.8 Å². The third-order valence-electron chi connectivity index (χ3n) is 4.27. The molecule has 1 aromatic rings. The Bertz CT molecular complexity index is 559. The molecule has 1 aliphatic carbocycles. The molecule has 21 heavy (non-hydrogen) atoms. The summed E-state index contributed by atoms with van der Waals surface area (Å²) in [6, 6.07) is 6.65. The van der Waals surface area contributed by atoms with E-state index in [4.69, 9.17) is 0 Å². The molecule has 0 aromatic carbocycles. The number of hydrogen-bond donors (Lipinski definition) is 0. The first-order valence-electron chi connectivity index (χ1n) is 7.52. The van der Waals surface area contributed by atoms with Gasteiger partial charge in [0.05, 0.1) is 12.5 Å². The predicted molar refractivity (Wildman–Crippen MR) is 78.4 cm³/mol. The molecule has 110 valence electrons. The maximum absolute atomic E-state index is 12.4. The Hall–Kier alpha value is -1.93. The lowest BCUT2D eigenvalue weighted by molar-refractivity contribution is -0.133. The normalized spacial score (nSPS) is 22.9. The number of carbonyl (C=O) groups is 1. The number of hydrogen-bond acceptors (Lipinski definition) is 4. The summed E-state index contributed by atoms with van der Waals surface area (Å²) in [4.78, 5) is 20.7. The first kappa shape index (κ1) is 14.0. The number of rotatable bonds is 3. The van der Waals surface area contributed by atoms with Crippen LogP contribution < -0.4 is 0 Å². The average Bonchev–Trinajstić information content (AvgIpc) is 3.33. The van der Waals surface area contributed by atoms with E-state index < -0.39 is 0 Å². The van der Waals surface area contributed by atoms with Gasteiger partial charge in [0.25, 0.3) is 0 Å². The number of carbonyl (C=O) groups excluding carboxylic acids is 1. The highest BCUT2D eigenvalue weighted by molar-refractivity contribution is 5.79. The molecule has 0 radical (unpaired) electrons. The summed E-state index contributed by atoms with van der Waals surface area (Å²) in [6.07, 6.45) is 4.52. The Labute approximate surface area is 125 Å². The molecule has 2 heterocycles. The quantitative estimate of drug-likeness (QED) is 0.835. The summed E-state index contributed by atoms with van der Waals surface area (Å²) < 4.78 is 0. The third-order valence-corrected chi connectivity index (χ3v) is 4.27. The smallest absolute Gasteiger partial charge is 0.227 e. The maximum Gasteiger partial charge on any atom is 0.227 e. The van der Waals surface area contributed by atoms with E-state index in [1.54, 1.807) is 6.20 Å². The zero-order chi connectivity index (χ0) is 14.8. The maximum atomic E-state index is 12.4. The molecule has 2 aliphatic rings. The van der Waals surface area contributed by atoms with Gasteiger partial charge in [0.1, 0.15) is 6.04 Å². The van der Waals surface area contributed by atoms with Crippen molar-refractivity contribution in [2.24, 2.45) is 0 Å². The Morgan fingerprint density at radius 2 is 2.24 bits per heavy atom. The van der Waals surface area contributed by atoms with Crippen LogP contribution in [0.25, 0.3) is 0 Å². The van der Waals surface area contributed by atoms with Crippen LogP contribution in [-0.4, -0.2) is 52.4 Å². The summed E-state index contributed by atoms with van der Waals surface area (Å²) in [5.41, 5.74) is 1.89. The molecule has 2 fully saturated rings. The van der Waals surface area contributed by atoms with Gasteiger partial charge in [-0.25, -0.2) is 0 Å². The van der Waals surface area contributed by atoms with Gasteiger partial charge in [0.15, 0.2) is 0 Å². The van der Waals surface area contributed by atoms with Crippen LogP contribution in [0.3, 0.4) is 0 Å². The standard InChI is InChI=1S/C16H20N4O/c1-12-2-3-13(10-18-12)8-16(21)19-6-7-20(14-4-5-14)15(9-17)11-19/h2-3,10,14-15H,4-8,11H2,1H3. The van der Waals surface area contributed by atoms with Crippen molar-refractivity contribution in [1.29, 1.82) is 5.26 Å². The largest absolute Gasteiger partial charge is 0.338 e. The molecular weight excluding hydrogens is 264 g/mol. The monoisotopic (exact) mass is 284 g/mol. The molecule has 1 unspecified atom stereocenters. The molecule has 3 rings (SSSR count). The second kappa shape index (κ2) is 5.82. The number of aryl methyl sites for hydroxylation is 1. The SMILES string of the molecule is Cc1ccc(CC(=O)N2CCN(C3CC3)C(C#N)C2)cn1. The lowest BCUT2D eigenvalue weighted by atomic mass is 10.1. The van der Waals surface area contributed by atoms with E-state index in [0.29, 0.717) is 19.0 Å². The van der Waals surface area contributed by atoms with Crippen molar-refractivity contribution in [2.45, 2.75) is 38.3 Å². The van der Waals surface area contributed by atoms with Gasteiger partial charge < -0.3 is 4.90 Å². The highest BCUT2D eigenvalue weighted by atomic mass is 16.2. The molecule has 1 saturated heterocycles. The van der Waals surface area contributed by atoms with Crippen molar-refractivity contribution >= 4 is 5.91 Å². The summed E-state index contributed by atoms with van der Waals surface area (Å²) in [7, 11) is 0. The van der Waals surface area contributed by atoms with Crippen molar-refractivity contribution in [1.82, 2.24) is 14.8 Å².